The Morgan fingerprint density at radius 3 is 2.23 bits per heavy atom. The molecule has 136 valence electrons. The number of rotatable bonds is 7. The van der Waals surface area contributed by atoms with Gasteiger partial charge in [-0.15, -0.1) is 0 Å². The normalized spacial score (nSPS) is 18.3. The third-order valence-electron chi connectivity index (χ3n) is 4.96. The van der Waals surface area contributed by atoms with Crippen molar-refractivity contribution in [2.24, 2.45) is 5.92 Å². The third kappa shape index (κ3) is 3.98. The summed E-state index contributed by atoms with van der Waals surface area (Å²) in [7, 11) is 0. The number of hydrogen-bond acceptors (Lipinski definition) is 3. The number of aliphatic hydroxyl groups is 1. The van der Waals surface area contributed by atoms with Crippen LogP contribution in [0.15, 0.2) is 72.0 Å². The van der Waals surface area contributed by atoms with Gasteiger partial charge in [-0.05, 0) is 36.3 Å². The summed E-state index contributed by atoms with van der Waals surface area (Å²) in [6.45, 7) is 4.13. The Labute approximate surface area is 155 Å². The molecular formula is C23H26O3. The van der Waals surface area contributed by atoms with Gasteiger partial charge < -0.3 is 9.84 Å². The standard InChI is InChI=1S/C23H26O3/c1-16(2)20(18-13-7-4-8-14-18)21-22(24)19(26-23(21)25)15-9-12-17-10-5-3-6-11-17/h3-8,10-11,13-14,16,19-20,24H,9,12,15H2,1-2H3. The average Bonchev–Trinajstić information content (AvgIpc) is 2.91. The van der Waals surface area contributed by atoms with E-state index < -0.39 is 6.10 Å². The molecule has 2 aromatic rings. The molecule has 1 heterocycles. The molecule has 26 heavy (non-hydrogen) atoms. The Balaban J connectivity index is 1.74. The number of carbonyl (C=O) groups excluding carboxylic acids is 1. The van der Waals surface area contributed by atoms with Crippen LogP contribution in [0.1, 0.15) is 43.7 Å². The number of carbonyl (C=O) groups is 1. The molecule has 0 aromatic heterocycles. The molecule has 2 atom stereocenters. The minimum absolute atomic E-state index is 0.116. The van der Waals surface area contributed by atoms with Crippen LogP contribution >= 0.6 is 0 Å². The first-order valence-corrected chi connectivity index (χ1v) is 9.30. The Morgan fingerprint density at radius 2 is 1.62 bits per heavy atom. The lowest BCUT2D eigenvalue weighted by Gasteiger charge is -2.21. The van der Waals surface area contributed by atoms with Gasteiger partial charge in [-0.1, -0.05) is 74.5 Å². The molecule has 0 amide bonds. The molecule has 2 aromatic carbocycles. The van der Waals surface area contributed by atoms with Crippen molar-refractivity contribution >= 4 is 5.97 Å². The molecule has 3 heteroatoms. The summed E-state index contributed by atoms with van der Waals surface area (Å²) in [6.07, 6.45) is 1.88. The van der Waals surface area contributed by atoms with Gasteiger partial charge in [-0.2, -0.15) is 0 Å². The van der Waals surface area contributed by atoms with E-state index in [0.717, 1.165) is 18.4 Å². The summed E-state index contributed by atoms with van der Waals surface area (Å²) in [6, 6.07) is 20.1. The zero-order valence-electron chi connectivity index (χ0n) is 15.4. The highest BCUT2D eigenvalue weighted by molar-refractivity contribution is 5.93. The van der Waals surface area contributed by atoms with Gasteiger partial charge in [0.1, 0.15) is 5.76 Å². The van der Waals surface area contributed by atoms with Gasteiger partial charge in [-0.3, -0.25) is 0 Å². The van der Waals surface area contributed by atoms with Crippen LogP contribution in [0.4, 0.5) is 0 Å². The molecule has 2 unspecified atom stereocenters. The van der Waals surface area contributed by atoms with E-state index in [-0.39, 0.29) is 23.6 Å². The quantitative estimate of drug-likeness (QED) is 0.699. The first kappa shape index (κ1) is 18.2. The van der Waals surface area contributed by atoms with Gasteiger partial charge in [0, 0.05) is 5.92 Å². The fraction of sp³-hybridized carbons (Fsp3) is 0.348. The van der Waals surface area contributed by atoms with E-state index in [1.165, 1.54) is 5.56 Å². The molecule has 0 spiro atoms. The van der Waals surface area contributed by atoms with Crippen molar-refractivity contribution in [3.05, 3.63) is 83.1 Å². The Hall–Kier alpha value is -2.55. The maximum Gasteiger partial charge on any atom is 0.338 e. The lowest BCUT2D eigenvalue weighted by molar-refractivity contribution is -0.140. The highest BCUT2D eigenvalue weighted by Crippen LogP contribution is 2.39. The van der Waals surface area contributed by atoms with Gasteiger partial charge >= 0.3 is 5.97 Å². The molecule has 3 nitrogen and oxygen atoms in total. The predicted molar refractivity (Wildman–Crippen MR) is 103 cm³/mol. The molecule has 1 aliphatic heterocycles. The van der Waals surface area contributed by atoms with Crippen LogP contribution in [0.3, 0.4) is 0 Å². The van der Waals surface area contributed by atoms with Crippen LogP contribution in [0.2, 0.25) is 0 Å². The third-order valence-corrected chi connectivity index (χ3v) is 4.96. The summed E-state index contributed by atoms with van der Waals surface area (Å²) in [4.78, 5) is 12.5. The van der Waals surface area contributed by atoms with E-state index in [1.807, 2.05) is 48.5 Å². The number of aliphatic hydroxyl groups excluding tert-OH is 1. The summed E-state index contributed by atoms with van der Waals surface area (Å²) < 4.78 is 5.51. The monoisotopic (exact) mass is 350 g/mol. The van der Waals surface area contributed by atoms with Gasteiger partial charge in [0.25, 0.3) is 0 Å². The highest BCUT2D eigenvalue weighted by Gasteiger charge is 2.39. The van der Waals surface area contributed by atoms with Gasteiger partial charge in [0.15, 0.2) is 6.10 Å². The van der Waals surface area contributed by atoms with Crippen molar-refractivity contribution in [2.45, 2.75) is 45.1 Å². The van der Waals surface area contributed by atoms with Gasteiger partial charge in [-0.25, -0.2) is 4.79 Å². The fourth-order valence-corrected chi connectivity index (χ4v) is 3.69. The summed E-state index contributed by atoms with van der Waals surface area (Å²) in [5.41, 5.74) is 2.71. The van der Waals surface area contributed by atoms with Crippen molar-refractivity contribution in [3.63, 3.8) is 0 Å². The van der Waals surface area contributed by atoms with Gasteiger partial charge in [0.2, 0.25) is 0 Å². The molecular weight excluding hydrogens is 324 g/mol. The van der Waals surface area contributed by atoms with E-state index in [1.54, 1.807) is 0 Å². The predicted octanol–water partition coefficient (Wildman–Crippen LogP) is 5.19. The second-order valence-corrected chi connectivity index (χ2v) is 7.20. The molecule has 3 rings (SSSR count). The highest BCUT2D eigenvalue weighted by atomic mass is 16.6. The van der Waals surface area contributed by atoms with E-state index in [9.17, 15) is 9.90 Å². The second-order valence-electron chi connectivity index (χ2n) is 7.20. The van der Waals surface area contributed by atoms with Crippen LogP contribution in [-0.2, 0) is 16.0 Å². The van der Waals surface area contributed by atoms with Crippen LogP contribution < -0.4 is 0 Å². The summed E-state index contributed by atoms with van der Waals surface area (Å²) in [5, 5.41) is 10.7. The summed E-state index contributed by atoms with van der Waals surface area (Å²) in [5.74, 6) is -0.228. The number of hydrogen-bond donors (Lipinski definition) is 1. The number of esters is 1. The lowest BCUT2D eigenvalue weighted by atomic mass is 9.81. The topological polar surface area (TPSA) is 46.5 Å². The Kier molecular flexibility index (Phi) is 5.77. The SMILES string of the molecule is CC(C)C(C1=C(O)C(CCCc2ccccc2)OC1=O)c1ccccc1. The molecule has 0 bridgehead atoms. The van der Waals surface area contributed by atoms with Crippen molar-refractivity contribution < 1.29 is 14.6 Å². The second kappa shape index (κ2) is 8.22. The summed E-state index contributed by atoms with van der Waals surface area (Å²) >= 11 is 0. The molecule has 0 radical (unpaired) electrons. The minimum atomic E-state index is -0.522. The minimum Gasteiger partial charge on any atom is -0.508 e. The maximum atomic E-state index is 12.5. The van der Waals surface area contributed by atoms with Crippen LogP contribution in [-0.4, -0.2) is 17.2 Å². The molecule has 1 N–H and O–H groups in total. The van der Waals surface area contributed by atoms with Crippen LogP contribution in [0, 0.1) is 5.92 Å². The molecule has 1 aliphatic rings. The van der Waals surface area contributed by atoms with Crippen LogP contribution in [0.25, 0.3) is 0 Å². The molecule has 0 aliphatic carbocycles. The molecule has 0 fully saturated rings. The Morgan fingerprint density at radius 1 is 1.00 bits per heavy atom. The van der Waals surface area contributed by atoms with Crippen LogP contribution in [0.5, 0.6) is 0 Å². The van der Waals surface area contributed by atoms with E-state index in [0.29, 0.717) is 12.0 Å². The van der Waals surface area contributed by atoms with Crippen molar-refractivity contribution in [1.82, 2.24) is 0 Å². The fourth-order valence-electron chi connectivity index (χ4n) is 3.69. The number of aryl methyl sites for hydroxylation is 1. The van der Waals surface area contributed by atoms with Gasteiger partial charge in [0.05, 0.1) is 5.57 Å². The molecule has 0 saturated carbocycles. The largest absolute Gasteiger partial charge is 0.508 e. The maximum absolute atomic E-state index is 12.5. The lowest BCUT2D eigenvalue weighted by Crippen LogP contribution is -2.15. The average molecular weight is 350 g/mol. The Bertz CT molecular complexity index is 763. The van der Waals surface area contributed by atoms with E-state index in [4.69, 9.17) is 4.74 Å². The number of benzene rings is 2. The number of cyclic esters (lactones) is 1. The number of ether oxygens (including phenoxy) is 1. The first-order chi connectivity index (χ1) is 12.6. The zero-order valence-corrected chi connectivity index (χ0v) is 15.4. The first-order valence-electron chi connectivity index (χ1n) is 9.30. The van der Waals surface area contributed by atoms with Crippen molar-refractivity contribution in [3.8, 4) is 0 Å². The molecule has 0 saturated heterocycles. The van der Waals surface area contributed by atoms with Crippen molar-refractivity contribution in [1.29, 1.82) is 0 Å². The van der Waals surface area contributed by atoms with E-state index >= 15 is 0 Å². The van der Waals surface area contributed by atoms with E-state index in [2.05, 4.69) is 26.0 Å². The smallest absolute Gasteiger partial charge is 0.338 e. The van der Waals surface area contributed by atoms with Crippen molar-refractivity contribution in [2.75, 3.05) is 0 Å². The zero-order chi connectivity index (χ0) is 18.5.